The zero-order valence-corrected chi connectivity index (χ0v) is 38.6. The molecule has 0 bridgehead atoms. The van der Waals surface area contributed by atoms with Gasteiger partial charge >= 0.3 is 0 Å². The fourth-order valence-corrected chi connectivity index (χ4v) is 13.1. The fraction of sp³-hybridized carbons (Fsp3) is 0.373. The van der Waals surface area contributed by atoms with Crippen LogP contribution in [-0.2, 0) is 16.0 Å². The van der Waals surface area contributed by atoms with Crippen LogP contribution in [0, 0.1) is 18.8 Å². The second-order valence-corrected chi connectivity index (χ2v) is 20.3. The van der Waals surface area contributed by atoms with Crippen LogP contribution in [0.5, 0.6) is 0 Å². The molecule has 0 saturated heterocycles. The van der Waals surface area contributed by atoms with Gasteiger partial charge in [-0.05, 0) is 107 Å². The number of fused-ring (bicyclic) bond motifs is 2. The first-order valence-corrected chi connectivity index (χ1v) is 25.2. The first-order valence-electron chi connectivity index (χ1n) is 21.8. The van der Waals surface area contributed by atoms with E-state index in [-0.39, 0.29) is 11.8 Å². The van der Waals surface area contributed by atoms with E-state index in [4.69, 9.17) is 0 Å². The highest BCUT2D eigenvalue weighted by molar-refractivity contribution is 7.24. The van der Waals surface area contributed by atoms with E-state index >= 15 is 9.59 Å². The van der Waals surface area contributed by atoms with Crippen molar-refractivity contribution in [1.29, 1.82) is 0 Å². The molecule has 2 aliphatic heterocycles. The van der Waals surface area contributed by atoms with Crippen molar-refractivity contribution in [2.45, 2.75) is 99.3 Å². The number of benzene rings is 2. The van der Waals surface area contributed by atoms with E-state index in [0.29, 0.717) is 36.1 Å². The van der Waals surface area contributed by atoms with E-state index in [1.807, 2.05) is 32.5 Å². The maximum atomic E-state index is 15.2. The van der Waals surface area contributed by atoms with E-state index in [1.165, 1.54) is 40.4 Å². The van der Waals surface area contributed by atoms with Crippen molar-refractivity contribution >= 4 is 79.7 Å². The van der Waals surface area contributed by atoms with Gasteiger partial charge in [0.1, 0.15) is 0 Å². The van der Waals surface area contributed by atoms with Gasteiger partial charge in [-0.25, -0.2) is 0 Å². The van der Waals surface area contributed by atoms with E-state index in [9.17, 15) is 0 Å². The van der Waals surface area contributed by atoms with Gasteiger partial charge in [0.25, 0.3) is 11.8 Å². The number of hydrogen-bond donors (Lipinski definition) is 0. The summed E-state index contributed by atoms with van der Waals surface area (Å²) in [7, 11) is 0. The lowest BCUT2D eigenvalue weighted by Gasteiger charge is -2.24. The fourth-order valence-electron chi connectivity index (χ4n) is 8.88. The Morgan fingerprint density at radius 2 is 1.07 bits per heavy atom. The molecule has 0 fully saturated rings. The number of thiophene rings is 4. The van der Waals surface area contributed by atoms with Crippen molar-refractivity contribution in [3.8, 4) is 40.4 Å². The molecule has 8 heteroatoms. The molecule has 59 heavy (non-hydrogen) atoms. The van der Waals surface area contributed by atoms with E-state index in [1.54, 1.807) is 22.7 Å². The molecule has 0 saturated carbocycles. The van der Waals surface area contributed by atoms with Crippen molar-refractivity contribution in [2.24, 2.45) is 11.8 Å². The molecule has 2 atom stereocenters. The van der Waals surface area contributed by atoms with E-state index < -0.39 is 0 Å². The summed E-state index contributed by atoms with van der Waals surface area (Å²) in [5.41, 5.74) is 9.59. The predicted molar refractivity (Wildman–Crippen MR) is 258 cm³/mol. The molecule has 2 unspecified atom stereocenters. The second-order valence-electron chi connectivity index (χ2n) is 16.3. The van der Waals surface area contributed by atoms with Gasteiger partial charge in [-0.2, -0.15) is 0 Å². The first kappa shape index (κ1) is 41.6. The Kier molecular flexibility index (Phi) is 12.9. The Labute approximate surface area is 367 Å². The molecule has 306 valence electrons. The number of unbranched alkanes of at least 4 members (excludes halogenated alkanes) is 2. The summed E-state index contributed by atoms with van der Waals surface area (Å²) >= 11 is 7.21. The standard InChI is InChI=1S/C51H56N2O2S4/c1-7-12-16-33(9-3)30-52-40-27-36(44-26-32(6)48(58-44)42-18-14-24-56-42)20-22-38(40)46(50(52)54)47-39-23-21-37(45-29-35(11-5)49(59-45)43-19-15-25-57-43)28-41(39)53(51(47)55)31-34(10-4)17-13-8-2/h14-15,18-29,33-34H,7-13,16-17,30-31H2,1-6H3/b47-46+. The third-order valence-corrected chi connectivity index (χ3v) is 17.0. The van der Waals surface area contributed by atoms with Crippen molar-refractivity contribution in [1.82, 2.24) is 0 Å². The highest BCUT2D eigenvalue weighted by atomic mass is 32.1. The summed E-state index contributed by atoms with van der Waals surface area (Å²) in [5, 5.41) is 4.28. The average Bonchev–Trinajstić information content (AvgIpc) is 4.12. The van der Waals surface area contributed by atoms with Crippen LogP contribution in [0.2, 0.25) is 0 Å². The summed E-state index contributed by atoms with van der Waals surface area (Å²) in [6, 6.07) is 26.3. The Morgan fingerprint density at radius 1 is 0.576 bits per heavy atom. The van der Waals surface area contributed by atoms with Gasteiger partial charge in [0.2, 0.25) is 0 Å². The number of carbonyl (C=O) groups excluding carboxylic acids is 2. The quantitative estimate of drug-likeness (QED) is 0.0858. The number of anilines is 2. The van der Waals surface area contributed by atoms with Crippen LogP contribution >= 0.6 is 45.3 Å². The molecule has 6 aromatic rings. The van der Waals surface area contributed by atoms with Gasteiger partial charge < -0.3 is 9.80 Å². The number of aryl methyl sites for hydroxylation is 2. The van der Waals surface area contributed by atoms with Crippen molar-refractivity contribution < 1.29 is 9.59 Å². The number of carbonyl (C=O) groups is 2. The predicted octanol–water partition coefficient (Wildman–Crippen LogP) is 15.5. The van der Waals surface area contributed by atoms with Gasteiger partial charge in [-0.15, -0.1) is 45.3 Å². The minimum absolute atomic E-state index is 0.0421. The lowest BCUT2D eigenvalue weighted by molar-refractivity contribution is -0.114. The summed E-state index contributed by atoms with van der Waals surface area (Å²) in [4.78, 5) is 42.1. The second kappa shape index (κ2) is 18.3. The zero-order valence-electron chi connectivity index (χ0n) is 35.4. The molecule has 0 aliphatic carbocycles. The van der Waals surface area contributed by atoms with Crippen molar-refractivity contribution in [3.63, 3.8) is 0 Å². The molecule has 4 nitrogen and oxygen atoms in total. The molecule has 2 aromatic carbocycles. The summed E-state index contributed by atoms with van der Waals surface area (Å²) in [6.45, 7) is 14.7. The topological polar surface area (TPSA) is 40.6 Å². The molecule has 0 radical (unpaired) electrons. The molecule has 4 aromatic heterocycles. The number of hydrogen-bond acceptors (Lipinski definition) is 6. The third-order valence-electron chi connectivity index (χ3n) is 12.4. The summed E-state index contributed by atoms with van der Waals surface area (Å²) in [6.07, 6.45) is 9.67. The summed E-state index contributed by atoms with van der Waals surface area (Å²) < 4.78 is 0. The first-order chi connectivity index (χ1) is 28.8. The van der Waals surface area contributed by atoms with Crippen molar-refractivity contribution in [2.75, 3.05) is 22.9 Å². The van der Waals surface area contributed by atoms with Gasteiger partial charge in [-0.1, -0.05) is 110 Å². The molecule has 0 spiro atoms. The third kappa shape index (κ3) is 8.10. The van der Waals surface area contributed by atoms with Crippen LogP contribution in [0.25, 0.3) is 51.5 Å². The van der Waals surface area contributed by atoms with Crippen LogP contribution in [0.3, 0.4) is 0 Å². The lowest BCUT2D eigenvalue weighted by atomic mass is 9.94. The van der Waals surface area contributed by atoms with Crippen LogP contribution in [-0.4, -0.2) is 24.9 Å². The SMILES string of the molecule is CCCCC(CC)CN1C(=O)/C(=C2/C(=O)N(CC(CC)CCCC)c3cc(-c4cc(CC)c(-c5cccs5)s4)ccc32)c2ccc(-c3cc(C)c(-c4cccs4)s3)cc21. The van der Waals surface area contributed by atoms with Gasteiger partial charge in [-0.3, -0.25) is 9.59 Å². The highest BCUT2D eigenvalue weighted by Gasteiger charge is 2.43. The zero-order chi connectivity index (χ0) is 41.2. The molecule has 0 N–H and O–H groups in total. The smallest absolute Gasteiger partial charge is 0.259 e. The van der Waals surface area contributed by atoms with Gasteiger partial charge in [0, 0.05) is 53.5 Å². The Balaban J connectivity index is 1.27. The molecule has 2 aliphatic rings. The summed E-state index contributed by atoms with van der Waals surface area (Å²) in [5.74, 6) is 0.668. The number of nitrogens with zero attached hydrogens (tertiary/aromatic N) is 2. The number of rotatable bonds is 17. The monoisotopic (exact) mass is 856 g/mol. The van der Waals surface area contributed by atoms with Crippen LogP contribution in [0.1, 0.15) is 108 Å². The maximum absolute atomic E-state index is 15.2. The maximum Gasteiger partial charge on any atom is 0.259 e. The van der Waals surface area contributed by atoms with Gasteiger partial charge in [0.15, 0.2) is 0 Å². The van der Waals surface area contributed by atoms with Crippen LogP contribution in [0.4, 0.5) is 11.4 Å². The molecular weight excluding hydrogens is 801 g/mol. The van der Waals surface area contributed by atoms with Gasteiger partial charge in [0.05, 0.1) is 22.5 Å². The molecule has 8 rings (SSSR count). The Bertz CT molecular complexity index is 2470. The number of amides is 2. The molecular formula is C51H56N2O2S4. The lowest BCUT2D eigenvalue weighted by Crippen LogP contribution is -2.34. The van der Waals surface area contributed by atoms with E-state index in [0.717, 1.165) is 91.4 Å². The normalized spacial score (nSPS) is 16.0. The highest BCUT2D eigenvalue weighted by Crippen LogP contribution is 2.51. The molecule has 2 amide bonds. The average molecular weight is 857 g/mol. The van der Waals surface area contributed by atoms with E-state index in [2.05, 4.69) is 125 Å². The minimum Gasteiger partial charge on any atom is -0.307 e. The van der Waals surface area contributed by atoms with Crippen molar-refractivity contribution in [3.05, 3.63) is 106 Å². The molecule has 6 heterocycles. The Morgan fingerprint density at radius 3 is 1.53 bits per heavy atom. The minimum atomic E-state index is -0.0431. The van der Waals surface area contributed by atoms with Crippen LogP contribution < -0.4 is 9.80 Å². The Hall–Kier alpha value is -4.08. The van der Waals surface area contributed by atoms with Crippen LogP contribution in [0.15, 0.2) is 83.6 Å². The largest absolute Gasteiger partial charge is 0.307 e.